The first-order valence-electron chi connectivity index (χ1n) is 3.19. The highest BCUT2D eigenvalue weighted by Crippen LogP contribution is 2.21. The van der Waals surface area contributed by atoms with E-state index in [-0.39, 0.29) is 0 Å². The van der Waals surface area contributed by atoms with Crippen molar-refractivity contribution in [1.82, 2.24) is 4.98 Å². The summed E-state index contributed by atoms with van der Waals surface area (Å²) in [7, 11) is 3.81. The fourth-order valence-electron chi connectivity index (χ4n) is 0.811. The molecule has 0 aliphatic heterocycles. The average molecular weight is 172 g/mol. The van der Waals surface area contributed by atoms with Gasteiger partial charge in [0.2, 0.25) is 0 Å². The second-order valence-corrected chi connectivity index (χ2v) is 2.85. The van der Waals surface area contributed by atoms with Crippen molar-refractivity contribution in [3.63, 3.8) is 0 Å². The highest BCUT2D eigenvalue weighted by Gasteiger charge is 2.01. The van der Waals surface area contributed by atoms with Crippen LogP contribution in [0.15, 0.2) is 12.3 Å². The zero-order valence-corrected chi connectivity index (χ0v) is 7.26. The van der Waals surface area contributed by atoms with Crippen molar-refractivity contribution in [3.05, 3.63) is 17.4 Å². The summed E-state index contributed by atoms with van der Waals surface area (Å²) in [4.78, 5) is 5.79. The topological polar surface area (TPSA) is 42.2 Å². The summed E-state index contributed by atoms with van der Waals surface area (Å²) in [6, 6.07) is 1.64. The molecule has 1 aromatic heterocycles. The Kier molecular flexibility index (Phi) is 2.19. The van der Waals surface area contributed by atoms with Gasteiger partial charge in [0.05, 0.1) is 17.6 Å². The predicted molar refractivity (Wildman–Crippen MR) is 48.0 cm³/mol. The van der Waals surface area contributed by atoms with Crippen LogP contribution >= 0.6 is 11.6 Å². The molecule has 1 aromatic rings. The molecule has 0 aliphatic carbocycles. The standard InChI is InChI=1S/C7H10ClN3/c1-11(2)6-4-10-7(8)3-5(6)9/h3-4H,1-2H3,(H2,9,10). The molecule has 0 unspecified atom stereocenters. The van der Waals surface area contributed by atoms with Gasteiger partial charge in [0.1, 0.15) is 5.15 Å². The summed E-state index contributed by atoms with van der Waals surface area (Å²) in [6.07, 6.45) is 1.65. The van der Waals surface area contributed by atoms with Crippen LogP contribution in [0.5, 0.6) is 0 Å². The number of rotatable bonds is 1. The Bertz CT molecular complexity index is 260. The molecule has 0 aromatic carbocycles. The van der Waals surface area contributed by atoms with E-state index in [0.717, 1.165) is 5.69 Å². The number of anilines is 2. The molecule has 0 saturated heterocycles. The first kappa shape index (κ1) is 8.14. The second-order valence-electron chi connectivity index (χ2n) is 2.46. The number of hydrogen-bond donors (Lipinski definition) is 1. The number of nitrogens with two attached hydrogens (primary N) is 1. The molecule has 0 spiro atoms. The zero-order valence-electron chi connectivity index (χ0n) is 6.50. The molecule has 0 fully saturated rings. The van der Waals surface area contributed by atoms with Gasteiger partial charge in [-0.2, -0.15) is 0 Å². The number of nitrogen functional groups attached to an aromatic ring is 1. The van der Waals surface area contributed by atoms with Crippen molar-refractivity contribution < 1.29 is 0 Å². The van der Waals surface area contributed by atoms with E-state index >= 15 is 0 Å². The lowest BCUT2D eigenvalue weighted by Crippen LogP contribution is -2.11. The van der Waals surface area contributed by atoms with Gasteiger partial charge in [-0.1, -0.05) is 11.6 Å². The van der Waals surface area contributed by atoms with Crippen LogP contribution in [0.2, 0.25) is 5.15 Å². The van der Waals surface area contributed by atoms with Crippen LogP contribution in [0.3, 0.4) is 0 Å². The highest BCUT2D eigenvalue weighted by molar-refractivity contribution is 6.29. The van der Waals surface area contributed by atoms with Gasteiger partial charge in [0.15, 0.2) is 0 Å². The Morgan fingerprint density at radius 1 is 1.55 bits per heavy atom. The lowest BCUT2D eigenvalue weighted by Gasteiger charge is -2.13. The normalized spacial score (nSPS) is 9.73. The van der Waals surface area contributed by atoms with Crippen LogP contribution in [0.25, 0.3) is 0 Å². The molecule has 0 atom stereocenters. The second kappa shape index (κ2) is 2.96. The molecule has 11 heavy (non-hydrogen) atoms. The third kappa shape index (κ3) is 1.74. The minimum absolute atomic E-state index is 0.424. The molecule has 0 radical (unpaired) electrons. The van der Waals surface area contributed by atoms with Crippen molar-refractivity contribution in [2.45, 2.75) is 0 Å². The number of pyridine rings is 1. The maximum Gasteiger partial charge on any atom is 0.131 e. The van der Waals surface area contributed by atoms with Crippen LogP contribution in [-0.4, -0.2) is 19.1 Å². The highest BCUT2D eigenvalue weighted by atomic mass is 35.5. The fraction of sp³-hybridized carbons (Fsp3) is 0.286. The molecule has 60 valence electrons. The van der Waals surface area contributed by atoms with Crippen LogP contribution in [0.4, 0.5) is 11.4 Å². The van der Waals surface area contributed by atoms with Gasteiger partial charge < -0.3 is 10.6 Å². The van der Waals surface area contributed by atoms with Crippen LogP contribution < -0.4 is 10.6 Å². The van der Waals surface area contributed by atoms with E-state index in [1.54, 1.807) is 12.3 Å². The summed E-state index contributed by atoms with van der Waals surface area (Å²) in [5, 5.41) is 0.424. The van der Waals surface area contributed by atoms with Crippen molar-refractivity contribution in [2.75, 3.05) is 24.7 Å². The fourth-order valence-corrected chi connectivity index (χ4v) is 0.977. The molecular formula is C7H10ClN3. The molecule has 0 aliphatic rings. The van der Waals surface area contributed by atoms with Gasteiger partial charge in [0.25, 0.3) is 0 Å². The van der Waals surface area contributed by atoms with E-state index in [9.17, 15) is 0 Å². The third-order valence-corrected chi connectivity index (χ3v) is 1.57. The number of halogens is 1. The SMILES string of the molecule is CN(C)c1cnc(Cl)cc1N. The molecule has 0 amide bonds. The van der Waals surface area contributed by atoms with Gasteiger partial charge in [-0.15, -0.1) is 0 Å². The van der Waals surface area contributed by atoms with E-state index in [2.05, 4.69) is 4.98 Å². The van der Waals surface area contributed by atoms with Crippen molar-refractivity contribution in [2.24, 2.45) is 0 Å². The third-order valence-electron chi connectivity index (χ3n) is 1.36. The summed E-state index contributed by atoms with van der Waals surface area (Å²) < 4.78 is 0. The van der Waals surface area contributed by atoms with Gasteiger partial charge in [-0.3, -0.25) is 0 Å². The Labute approximate surface area is 70.8 Å². The van der Waals surface area contributed by atoms with Crippen LogP contribution in [0.1, 0.15) is 0 Å². The molecule has 4 heteroatoms. The summed E-state index contributed by atoms with van der Waals surface area (Å²) in [5.41, 5.74) is 7.19. The molecule has 2 N–H and O–H groups in total. The van der Waals surface area contributed by atoms with Gasteiger partial charge in [-0.05, 0) is 0 Å². The van der Waals surface area contributed by atoms with E-state index < -0.39 is 0 Å². The monoisotopic (exact) mass is 171 g/mol. The Hall–Kier alpha value is -0.960. The minimum atomic E-state index is 0.424. The predicted octanol–water partition coefficient (Wildman–Crippen LogP) is 1.38. The Morgan fingerprint density at radius 2 is 2.18 bits per heavy atom. The van der Waals surface area contributed by atoms with E-state index in [4.69, 9.17) is 17.3 Å². The zero-order chi connectivity index (χ0) is 8.43. The average Bonchev–Trinajstić information content (AvgIpc) is 1.85. The maximum absolute atomic E-state index is 5.66. The number of nitrogens with zero attached hydrogens (tertiary/aromatic N) is 2. The molecule has 3 nitrogen and oxygen atoms in total. The number of hydrogen-bond acceptors (Lipinski definition) is 3. The molecule has 0 bridgehead atoms. The lowest BCUT2D eigenvalue weighted by molar-refractivity contribution is 1.11. The summed E-state index contributed by atoms with van der Waals surface area (Å²) in [6.45, 7) is 0. The molecular weight excluding hydrogens is 162 g/mol. The van der Waals surface area contributed by atoms with E-state index in [1.807, 2.05) is 19.0 Å². The van der Waals surface area contributed by atoms with Crippen molar-refractivity contribution in [3.8, 4) is 0 Å². The minimum Gasteiger partial charge on any atom is -0.397 e. The summed E-state index contributed by atoms with van der Waals surface area (Å²) >= 11 is 5.61. The first-order valence-corrected chi connectivity index (χ1v) is 3.57. The van der Waals surface area contributed by atoms with E-state index in [1.165, 1.54) is 0 Å². The maximum atomic E-state index is 5.66. The Balaban J connectivity index is 3.09. The van der Waals surface area contributed by atoms with Crippen LogP contribution in [0, 0.1) is 0 Å². The van der Waals surface area contributed by atoms with Gasteiger partial charge in [-0.25, -0.2) is 4.98 Å². The lowest BCUT2D eigenvalue weighted by atomic mass is 10.3. The summed E-state index contributed by atoms with van der Waals surface area (Å²) in [5.74, 6) is 0. The van der Waals surface area contributed by atoms with Crippen LogP contribution in [-0.2, 0) is 0 Å². The van der Waals surface area contributed by atoms with Gasteiger partial charge in [0, 0.05) is 20.2 Å². The smallest absolute Gasteiger partial charge is 0.131 e. The quantitative estimate of drug-likeness (QED) is 0.650. The molecule has 1 heterocycles. The molecule has 0 saturated carbocycles. The van der Waals surface area contributed by atoms with Crippen molar-refractivity contribution >= 4 is 23.0 Å². The Morgan fingerprint density at radius 3 is 2.64 bits per heavy atom. The van der Waals surface area contributed by atoms with Crippen molar-refractivity contribution in [1.29, 1.82) is 0 Å². The van der Waals surface area contributed by atoms with E-state index in [0.29, 0.717) is 10.8 Å². The first-order chi connectivity index (χ1) is 5.11. The van der Waals surface area contributed by atoms with Gasteiger partial charge >= 0.3 is 0 Å². The molecule has 1 rings (SSSR count). The number of aromatic nitrogens is 1. The largest absolute Gasteiger partial charge is 0.397 e.